The summed E-state index contributed by atoms with van der Waals surface area (Å²) in [5.74, 6) is -9.08. The van der Waals surface area contributed by atoms with Crippen molar-refractivity contribution in [2.24, 2.45) is 0 Å². The standard InChI is InChI=1S/4C18H16F6.C18H19F3.C16H13F5/c2*1-10(2)12-4-11(3)5-13(6-12)14-7-15(17(19,20)21)9-16(8-14)18(22,23)24;1-10(2)15-8-11(3)4-6-13(15)14-7-5-12(17(19,20)21)9-16(14)18(22,23)24;1-10(2)16-6-11(3)4-5-15(16)12-7-13(17(19,20)21)9-14(8-12)18(22,23)24;1-11(2)14-7-12(3)8-15(10-14)17-6-5-16(9-13(17)4)18(19,20)21;1-7(2)9-4-8(3)5-10(6-9)11-12(17)14(19)16(21)15(20)13(11)18/h4*4-10H,1-3H3;5-11H,1-4H3;4-7H,1-3H3. The summed E-state index contributed by atoms with van der Waals surface area (Å²) in [5.41, 5.74) is 1.60. The fourth-order valence-electron chi connectivity index (χ4n) is 14.6. The SMILES string of the molecule is Cc1cc(-c2c(F)c(F)c(F)c(F)c2F)cc(C(C)C)c1.Cc1cc(-c2cc(C(F)(F)F)cc(C(F)(F)F)c2)cc(C(C)C)c1.Cc1cc(-c2cc(C(F)(F)F)cc(C(F)(F)F)c2)cc(C(C)C)c1.Cc1cc(-c2ccc(C(F)(F)F)cc2C)cc(C(C)C)c1.Cc1ccc(-c2cc(C(F)(F)F)cc(C(F)(F)F)c2)c(C(C)C)c1.Cc1ccc(-c2ccc(C(F)(F)F)cc2C(F)(F)F)c(C(C)C)c1. The molecule has 0 bridgehead atoms. The molecule has 0 aliphatic rings. The van der Waals surface area contributed by atoms with E-state index in [-0.39, 0.29) is 81.7 Å². The van der Waals surface area contributed by atoms with Crippen molar-refractivity contribution in [3.63, 3.8) is 0 Å². The Morgan fingerprint density at radius 3 is 0.710 bits per heavy atom. The fraction of sp³-hybridized carbons (Fsp3) is 0.321. The van der Waals surface area contributed by atoms with Gasteiger partial charge in [0.2, 0.25) is 5.82 Å². The maximum Gasteiger partial charge on any atom is 0.417 e. The molecule has 12 rings (SSSR count). The van der Waals surface area contributed by atoms with Crippen LogP contribution in [0.1, 0.15) is 241 Å². The molecule has 0 spiro atoms. The van der Waals surface area contributed by atoms with Crippen LogP contribution in [0.5, 0.6) is 0 Å². The molecule has 0 radical (unpaired) electrons. The third kappa shape index (κ3) is 30.2. The van der Waals surface area contributed by atoms with Crippen LogP contribution in [0, 0.1) is 77.6 Å². The lowest BCUT2D eigenvalue weighted by molar-refractivity contribution is -0.144. The van der Waals surface area contributed by atoms with Crippen molar-refractivity contribution in [3.05, 3.63) is 352 Å². The molecule has 0 atom stereocenters. The van der Waals surface area contributed by atoms with E-state index in [1.165, 1.54) is 29.8 Å². The molecule has 0 aliphatic heterocycles. The topological polar surface area (TPSA) is 0 Å². The average Bonchev–Trinajstić information content (AvgIpc) is 0.780. The van der Waals surface area contributed by atoms with E-state index in [0.29, 0.717) is 56.5 Å². The van der Waals surface area contributed by atoms with Gasteiger partial charge in [-0.1, -0.05) is 238 Å². The van der Waals surface area contributed by atoms with E-state index >= 15 is 0 Å². The minimum Gasteiger partial charge on any atom is -0.203 e. The van der Waals surface area contributed by atoms with E-state index in [2.05, 4.69) is 26.0 Å². The molecule has 0 N–H and O–H groups in total. The van der Waals surface area contributed by atoms with E-state index < -0.39 is 140 Å². The van der Waals surface area contributed by atoms with Crippen molar-refractivity contribution >= 4 is 0 Å². The third-order valence-electron chi connectivity index (χ3n) is 21.8. The number of hydrogen-bond donors (Lipinski definition) is 0. The fourth-order valence-corrected chi connectivity index (χ4v) is 14.6. The van der Waals surface area contributed by atoms with Crippen LogP contribution in [0.2, 0.25) is 0 Å². The number of benzene rings is 12. The predicted molar refractivity (Wildman–Crippen MR) is 474 cm³/mol. The highest BCUT2D eigenvalue weighted by molar-refractivity contribution is 5.76. The molecule has 138 heavy (non-hydrogen) atoms. The van der Waals surface area contributed by atoms with Crippen LogP contribution in [0.25, 0.3) is 66.8 Å². The van der Waals surface area contributed by atoms with Crippen molar-refractivity contribution in [2.75, 3.05) is 0 Å². The molecule has 0 saturated heterocycles. The first-order valence-corrected chi connectivity index (χ1v) is 42.5. The molecule has 0 aromatic heterocycles. The Kier molecular flexibility index (Phi) is 36.0. The minimum atomic E-state index is -4.88. The first-order valence-electron chi connectivity index (χ1n) is 42.5. The van der Waals surface area contributed by atoms with Gasteiger partial charge in [-0.25, -0.2) is 22.0 Å². The molecule has 32 heteroatoms. The Balaban J connectivity index is 0.000000226. The summed E-state index contributed by atoms with van der Waals surface area (Å²) in [6.45, 7) is 35.5. The van der Waals surface area contributed by atoms with Crippen LogP contribution in [-0.2, 0) is 55.6 Å². The summed E-state index contributed by atoms with van der Waals surface area (Å²) in [4.78, 5) is 0. The quantitative estimate of drug-likeness (QED) is 0.0650. The van der Waals surface area contributed by atoms with Crippen LogP contribution >= 0.6 is 0 Å². The molecule has 0 aliphatic carbocycles. The number of alkyl halides is 27. The lowest BCUT2D eigenvalue weighted by Gasteiger charge is -2.20. The van der Waals surface area contributed by atoms with E-state index in [9.17, 15) is 140 Å². The van der Waals surface area contributed by atoms with Gasteiger partial charge in [0.05, 0.1) is 55.6 Å². The second-order valence-corrected chi connectivity index (χ2v) is 35.3. The first-order chi connectivity index (χ1) is 63.0. The van der Waals surface area contributed by atoms with E-state index in [1.807, 2.05) is 108 Å². The van der Waals surface area contributed by atoms with Crippen LogP contribution in [0.15, 0.2) is 200 Å². The molecule has 0 amide bonds. The van der Waals surface area contributed by atoms with E-state index in [4.69, 9.17) is 0 Å². The average molecular weight is 1980 g/mol. The summed E-state index contributed by atoms with van der Waals surface area (Å²) >= 11 is 0. The molecule has 0 heterocycles. The van der Waals surface area contributed by atoms with Gasteiger partial charge in [0, 0.05) is 0 Å². The Labute approximate surface area is 778 Å². The Bertz CT molecular complexity index is 6010. The first kappa shape index (κ1) is 113. The van der Waals surface area contributed by atoms with Gasteiger partial charge >= 0.3 is 55.6 Å². The number of hydrogen-bond acceptors (Lipinski definition) is 0. The molecular weight excluding hydrogens is 1880 g/mol. The van der Waals surface area contributed by atoms with Gasteiger partial charge in [-0.3, -0.25) is 0 Å². The molecule has 744 valence electrons. The largest absolute Gasteiger partial charge is 0.417 e. The second kappa shape index (κ2) is 43.8. The van der Waals surface area contributed by atoms with Gasteiger partial charge in [-0.2, -0.15) is 119 Å². The zero-order valence-electron chi connectivity index (χ0n) is 77.6. The van der Waals surface area contributed by atoms with Crippen molar-refractivity contribution in [3.8, 4) is 66.8 Å². The number of halogens is 32. The molecule has 0 nitrogen and oxygen atoms in total. The van der Waals surface area contributed by atoms with Crippen LogP contribution in [0.4, 0.5) is 140 Å². The molecule has 12 aromatic rings. The number of aryl methyl sites for hydroxylation is 7. The minimum absolute atomic E-state index is 0.0218. The highest BCUT2D eigenvalue weighted by atomic mass is 19.4. The molecule has 12 aromatic carbocycles. The number of rotatable bonds is 12. The van der Waals surface area contributed by atoms with Crippen molar-refractivity contribution < 1.29 is 140 Å². The van der Waals surface area contributed by atoms with Gasteiger partial charge in [-0.05, 0) is 263 Å². The van der Waals surface area contributed by atoms with Crippen LogP contribution < -0.4 is 0 Å². The predicted octanol–water partition coefficient (Wildman–Crippen LogP) is 38.9. The van der Waals surface area contributed by atoms with E-state index in [1.54, 1.807) is 94.4 Å². The summed E-state index contributed by atoms with van der Waals surface area (Å²) in [7, 11) is 0. The molecule has 0 fully saturated rings. The molecule has 0 unspecified atom stereocenters. The van der Waals surface area contributed by atoms with Gasteiger partial charge < -0.3 is 0 Å². The molecular formula is C106H96F32. The Morgan fingerprint density at radius 1 is 0.174 bits per heavy atom. The summed E-state index contributed by atoms with van der Waals surface area (Å²) in [6, 6.07) is 41.7. The normalized spacial score (nSPS) is 12.4. The lowest BCUT2D eigenvalue weighted by Crippen LogP contribution is -2.12. The zero-order valence-corrected chi connectivity index (χ0v) is 77.6. The van der Waals surface area contributed by atoms with Gasteiger partial charge in [-0.15, -0.1) is 0 Å². The third-order valence-corrected chi connectivity index (χ3v) is 21.8. The van der Waals surface area contributed by atoms with Crippen molar-refractivity contribution in [2.45, 2.75) is 223 Å². The Morgan fingerprint density at radius 2 is 0.413 bits per heavy atom. The zero-order chi connectivity index (χ0) is 105. The highest BCUT2D eigenvalue weighted by Crippen LogP contribution is 2.48. The second-order valence-electron chi connectivity index (χ2n) is 35.3. The monoisotopic (exact) mass is 1980 g/mol. The van der Waals surface area contributed by atoms with Gasteiger partial charge in [0.25, 0.3) is 0 Å². The highest BCUT2D eigenvalue weighted by Gasteiger charge is 2.43. The van der Waals surface area contributed by atoms with Crippen molar-refractivity contribution in [1.82, 2.24) is 0 Å². The summed E-state index contributed by atoms with van der Waals surface area (Å²) in [6.07, 6.45) is -43.1. The molecule has 0 saturated carbocycles. The Hall–Kier alpha value is -11.6. The maximum atomic E-state index is 13.8. The summed E-state index contributed by atoms with van der Waals surface area (Å²) in [5, 5.41) is 0. The maximum absolute atomic E-state index is 13.8. The lowest BCUT2D eigenvalue weighted by atomic mass is 9.88. The van der Waals surface area contributed by atoms with Crippen LogP contribution in [-0.4, -0.2) is 0 Å². The summed E-state index contributed by atoms with van der Waals surface area (Å²) < 4.78 is 418. The van der Waals surface area contributed by atoms with Gasteiger partial charge in [0.15, 0.2) is 23.3 Å². The van der Waals surface area contributed by atoms with Gasteiger partial charge in [0.1, 0.15) is 0 Å². The van der Waals surface area contributed by atoms with Crippen LogP contribution in [0.3, 0.4) is 0 Å². The van der Waals surface area contributed by atoms with E-state index in [0.717, 1.165) is 104 Å². The smallest absolute Gasteiger partial charge is 0.203 e. The van der Waals surface area contributed by atoms with Crippen molar-refractivity contribution in [1.29, 1.82) is 0 Å².